The maximum absolute atomic E-state index is 11.2. The molecule has 6 heteroatoms. The van der Waals surface area contributed by atoms with Gasteiger partial charge in [-0.1, -0.05) is 6.92 Å². The number of hydrazine groups is 1. The first kappa shape index (κ1) is 14.7. The minimum absolute atomic E-state index is 0.230. The van der Waals surface area contributed by atoms with Crippen molar-refractivity contribution in [1.82, 2.24) is 10.3 Å². The smallest absolute Gasteiger partial charge is 0.300 e. The Morgan fingerprint density at radius 1 is 1.50 bits per heavy atom. The lowest BCUT2D eigenvalue weighted by Crippen LogP contribution is -2.29. The fourth-order valence-electron chi connectivity index (χ4n) is 1.56. The van der Waals surface area contributed by atoms with E-state index in [1.54, 1.807) is 12.1 Å². The molecule has 3 N–H and O–H groups in total. The zero-order valence-corrected chi connectivity index (χ0v) is 10.9. The van der Waals surface area contributed by atoms with Crippen molar-refractivity contribution in [1.29, 1.82) is 0 Å². The topological polar surface area (TPSA) is 80.7 Å². The predicted molar refractivity (Wildman–Crippen MR) is 67.8 cm³/mol. The normalized spacial score (nSPS) is 10.9. The molecule has 0 unspecified atom stereocenters. The van der Waals surface area contributed by atoms with Gasteiger partial charge >= 0.3 is 5.91 Å². The van der Waals surface area contributed by atoms with Crippen molar-refractivity contribution >= 4 is 5.91 Å². The number of nitrogens with two attached hydrogens (primary N) is 1. The number of furan rings is 1. The van der Waals surface area contributed by atoms with Crippen LogP contribution in [0.2, 0.25) is 0 Å². The van der Waals surface area contributed by atoms with Gasteiger partial charge in [-0.3, -0.25) is 15.1 Å². The molecule has 0 saturated carbocycles. The summed E-state index contributed by atoms with van der Waals surface area (Å²) in [6.45, 7) is 7.85. The zero-order chi connectivity index (χ0) is 13.4. The molecule has 0 fully saturated rings. The quantitative estimate of drug-likeness (QED) is 0.310. The molecular formula is C12H21N3O3. The van der Waals surface area contributed by atoms with E-state index >= 15 is 0 Å². The first-order valence-corrected chi connectivity index (χ1v) is 6.11. The Balaban J connectivity index is 2.48. The summed E-state index contributed by atoms with van der Waals surface area (Å²) < 4.78 is 10.7. The highest BCUT2D eigenvalue weighted by atomic mass is 16.5. The summed E-state index contributed by atoms with van der Waals surface area (Å²) in [5.74, 6) is 5.59. The lowest BCUT2D eigenvalue weighted by atomic mass is 10.3. The summed E-state index contributed by atoms with van der Waals surface area (Å²) in [5.41, 5.74) is 2.04. The second kappa shape index (κ2) is 7.86. The molecule has 0 aliphatic carbocycles. The van der Waals surface area contributed by atoms with E-state index in [-0.39, 0.29) is 5.76 Å². The second-order valence-electron chi connectivity index (χ2n) is 3.81. The molecule has 1 amide bonds. The highest BCUT2D eigenvalue weighted by Crippen LogP contribution is 2.10. The van der Waals surface area contributed by atoms with Crippen LogP contribution in [0.3, 0.4) is 0 Å². The molecule has 6 nitrogen and oxygen atoms in total. The highest BCUT2D eigenvalue weighted by molar-refractivity contribution is 5.90. The fourth-order valence-corrected chi connectivity index (χ4v) is 1.56. The summed E-state index contributed by atoms with van der Waals surface area (Å²) in [6, 6.07) is 3.40. The summed E-state index contributed by atoms with van der Waals surface area (Å²) in [6.07, 6.45) is 0. The Kier molecular flexibility index (Phi) is 6.42. The van der Waals surface area contributed by atoms with Gasteiger partial charge in [-0.15, -0.1) is 0 Å². The average Bonchev–Trinajstić information content (AvgIpc) is 2.85. The molecule has 1 aromatic heterocycles. The number of amides is 1. The first-order chi connectivity index (χ1) is 8.71. The van der Waals surface area contributed by atoms with Gasteiger partial charge in [0.1, 0.15) is 5.76 Å². The van der Waals surface area contributed by atoms with Crippen LogP contribution in [0.5, 0.6) is 0 Å². The Morgan fingerprint density at radius 3 is 2.89 bits per heavy atom. The molecule has 1 heterocycles. The number of nitrogens with one attached hydrogen (secondary N) is 1. The van der Waals surface area contributed by atoms with Gasteiger partial charge in [0.15, 0.2) is 5.76 Å². The van der Waals surface area contributed by atoms with Crippen LogP contribution >= 0.6 is 0 Å². The summed E-state index contributed by atoms with van der Waals surface area (Å²) in [7, 11) is 0. The monoisotopic (exact) mass is 255 g/mol. The number of nitrogens with zero attached hydrogens (tertiary/aromatic N) is 1. The molecule has 102 valence electrons. The van der Waals surface area contributed by atoms with Gasteiger partial charge in [0.05, 0.1) is 13.2 Å². The Morgan fingerprint density at radius 2 is 2.28 bits per heavy atom. The largest absolute Gasteiger partial charge is 0.455 e. The lowest BCUT2D eigenvalue weighted by Gasteiger charge is -2.18. The highest BCUT2D eigenvalue weighted by Gasteiger charge is 2.11. The number of carbonyl (C=O) groups excluding carboxylic acids is 1. The van der Waals surface area contributed by atoms with Crippen LogP contribution in [-0.2, 0) is 11.3 Å². The van der Waals surface area contributed by atoms with Gasteiger partial charge < -0.3 is 9.15 Å². The van der Waals surface area contributed by atoms with Gasteiger partial charge in [-0.2, -0.15) is 0 Å². The Hall–Kier alpha value is -1.37. The van der Waals surface area contributed by atoms with Crippen molar-refractivity contribution in [2.75, 3.05) is 26.3 Å². The van der Waals surface area contributed by atoms with Crippen molar-refractivity contribution in [3.63, 3.8) is 0 Å². The SMILES string of the molecule is CCOCCN(CC)Cc1ccc(C(=O)NN)o1. The molecule has 0 spiro atoms. The molecule has 0 bridgehead atoms. The minimum atomic E-state index is -0.418. The third kappa shape index (κ3) is 4.48. The van der Waals surface area contributed by atoms with Crippen LogP contribution in [0.4, 0.5) is 0 Å². The van der Waals surface area contributed by atoms with Crippen molar-refractivity contribution < 1.29 is 13.9 Å². The number of rotatable bonds is 8. The number of nitrogen functional groups attached to an aromatic ring is 1. The van der Waals surface area contributed by atoms with Crippen LogP contribution < -0.4 is 11.3 Å². The number of hydrogen-bond donors (Lipinski definition) is 2. The van der Waals surface area contributed by atoms with Crippen LogP contribution in [-0.4, -0.2) is 37.1 Å². The van der Waals surface area contributed by atoms with E-state index in [4.69, 9.17) is 15.0 Å². The Labute approximate surface area is 107 Å². The fraction of sp³-hybridized carbons (Fsp3) is 0.583. The van der Waals surface area contributed by atoms with Crippen LogP contribution in [0, 0.1) is 0 Å². The van der Waals surface area contributed by atoms with Gasteiger partial charge in [-0.25, -0.2) is 5.84 Å². The third-order valence-electron chi connectivity index (χ3n) is 2.60. The molecule has 0 aliphatic rings. The second-order valence-corrected chi connectivity index (χ2v) is 3.81. The molecule has 0 aromatic carbocycles. The predicted octanol–water partition coefficient (Wildman–Crippen LogP) is 0.742. The van der Waals surface area contributed by atoms with E-state index in [0.29, 0.717) is 13.2 Å². The van der Waals surface area contributed by atoms with E-state index < -0.39 is 5.91 Å². The van der Waals surface area contributed by atoms with E-state index in [1.807, 2.05) is 12.3 Å². The van der Waals surface area contributed by atoms with Crippen LogP contribution in [0.25, 0.3) is 0 Å². The summed E-state index contributed by atoms with van der Waals surface area (Å²) in [4.78, 5) is 13.4. The van der Waals surface area contributed by atoms with E-state index in [9.17, 15) is 4.79 Å². The maximum Gasteiger partial charge on any atom is 0.300 e. The van der Waals surface area contributed by atoms with Crippen LogP contribution in [0.15, 0.2) is 16.5 Å². The van der Waals surface area contributed by atoms with E-state index in [1.165, 1.54) is 0 Å². The van der Waals surface area contributed by atoms with Crippen LogP contribution in [0.1, 0.15) is 30.2 Å². The molecule has 0 aliphatic heterocycles. The standard InChI is InChI=1S/C12H21N3O3/c1-3-15(7-8-17-4-2)9-10-5-6-11(18-10)12(16)14-13/h5-6H,3-4,7-9,13H2,1-2H3,(H,14,16). The molecule has 0 radical (unpaired) electrons. The number of likely N-dealkylation sites (N-methyl/N-ethyl adjacent to an activating group) is 1. The van der Waals surface area contributed by atoms with Crippen molar-refractivity contribution in [3.8, 4) is 0 Å². The lowest BCUT2D eigenvalue weighted by molar-refractivity contribution is 0.0916. The van der Waals surface area contributed by atoms with Gasteiger partial charge in [-0.05, 0) is 25.6 Å². The van der Waals surface area contributed by atoms with E-state index in [2.05, 4.69) is 11.8 Å². The minimum Gasteiger partial charge on any atom is -0.455 e. The molecule has 1 rings (SSSR count). The third-order valence-corrected chi connectivity index (χ3v) is 2.60. The van der Waals surface area contributed by atoms with Crippen molar-refractivity contribution in [3.05, 3.63) is 23.7 Å². The van der Waals surface area contributed by atoms with Crippen molar-refractivity contribution in [2.24, 2.45) is 5.84 Å². The number of hydrogen-bond acceptors (Lipinski definition) is 5. The summed E-state index contributed by atoms with van der Waals surface area (Å²) in [5, 5.41) is 0. The zero-order valence-electron chi connectivity index (χ0n) is 10.9. The average molecular weight is 255 g/mol. The Bertz CT molecular complexity index is 365. The summed E-state index contributed by atoms with van der Waals surface area (Å²) >= 11 is 0. The molecule has 0 atom stereocenters. The maximum atomic E-state index is 11.2. The molecule has 18 heavy (non-hydrogen) atoms. The van der Waals surface area contributed by atoms with Gasteiger partial charge in [0, 0.05) is 13.2 Å². The first-order valence-electron chi connectivity index (χ1n) is 6.11. The van der Waals surface area contributed by atoms with Crippen molar-refractivity contribution in [2.45, 2.75) is 20.4 Å². The van der Waals surface area contributed by atoms with Gasteiger partial charge in [0.2, 0.25) is 0 Å². The number of carbonyl (C=O) groups is 1. The van der Waals surface area contributed by atoms with E-state index in [0.717, 1.165) is 25.5 Å². The molecule has 1 aromatic rings. The van der Waals surface area contributed by atoms with Gasteiger partial charge in [0.25, 0.3) is 0 Å². The number of ether oxygens (including phenoxy) is 1. The molecular weight excluding hydrogens is 234 g/mol. The molecule has 0 saturated heterocycles.